The van der Waals surface area contributed by atoms with Crippen LogP contribution in [0, 0.1) is 0 Å². The van der Waals surface area contributed by atoms with E-state index in [9.17, 15) is 0 Å². The predicted molar refractivity (Wildman–Crippen MR) is 73.1 cm³/mol. The summed E-state index contributed by atoms with van der Waals surface area (Å²) in [6.45, 7) is 13.1. The Hall–Kier alpha value is -1.12. The lowest BCUT2D eigenvalue weighted by atomic mass is 10.1. The maximum Gasteiger partial charge on any atom is 0.104 e. The first-order chi connectivity index (χ1) is 7.76. The van der Waals surface area contributed by atoms with Crippen molar-refractivity contribution in [2.24, 2.45) is 0 Å². The molecule has 0 bridgehead atoms. The van der Waals surface area contributed by atoms with Gasteiger partial charge >= 0.3 is 0 Å². The molecule has 0 fully saturated rings. The molecule has 1 aromatic carbocycles. The van der Waals surface area contributed by atoms with Crippen LogP contribution in [0.4, 0.5) is 0 Å². The van der Waals surface area contributed by atoms with Gasteiger partial charge in [0.1, 0.15) is 6.54 Å². The van der Waals surface area contributed by atoms with Crippen LogP contribution < -0.4 is 0 Å². The van der Waals surface area contributed by atoms with Gasteiger partial charge in [-0.05, 0) is 13.8 Å². The fourth-order valence-corrected chi connectivity index (χ4v) is 2.18. The lowest BCUT2D eigenvalue weighted by molar-refractivity contribution is -0.937. The van der Waals surface area contributed by atoms with Gasteiger partial charge in [-0.3, -0.25) is 0 Å². The zero-order valence-electron chi connectivity index (χ0n) is 11.1. The van der Waals surface area contributed by atoms with E-state index in [4.69, 9.17) is 0 Å². The smallest absolute Gasteiger partial charge is 0.104 e. The van der Waals surface area contributed by atoms with E-state index in [1.165, 1.54) is 25.2 Å². The summed E-state index contributed by atoms with van der Waals surface area (Å²) in [6.07, 6.45) is 3.14. The Morgan fingerprint density at radius 2 is 1.71 bits per heavy atom. The van der Waals surface area contributed by atoms with E-state index in [-0.39, 0.29) is 5.48 Å². The molecule has 1 N–H and O–H groups in total. The lowest BCUT2D eigenvalue weighted by Gasteiger charge is -2.36. The molecule has 1 rings (SSSR count). The minimum absolute atomic E-state index is 0. The molecule has 0 spiro atoms. The first-order valence-electron chi connectivity index (χ1n) is 6.26. The van der Waals surface area contributed by atoms with Crippen molar-refractivity contribution in [2.45, 2.75) is 26.8 Å². The summed E-state index contributed by atoms with van der Waals surface area (Å²) in [4.78, 5) is 0. The Bertz CT molecular complexity index is 304. The van der Waals surface area contributed by atoms with E-state index in [2.05, 4.69) is 50.8 Å². The van der Waals surface area contributed by atoms with Crippen molar-refractivity contribution in [2.75, 3.05) is 19.6 Å². The molecule has 2 heteroatoms. The van der Waals surface area contributed by atoms with Crippen LogP contribution in [0.15, 0.2) is 43.0 Å². The Kier molecular flexibility index (Phi) is 7.51. The summed E-state index contributed by atoms with van der Waals surface area (Å²) < 4.78 is 1.16. The third-order valence-electron chi connectivity index (χ3n) is 3.51. The minimum atomic E-state index is 0. The van der Waals surface area contributed by atoms with E-state index in [0.717, 1.165) is 17.4 Å². The van der Waals surface area contributed by atoms with Gasteiger partial charge in [-0.2, -0.15) is 0 Å². The molecular weight excluding hydrogens is 210 g/mol. The maximum atomic E-state index is 3.83. The van der Waals surface area contributed by atoms with Crippen molar-refractivity contribution in [3.63, 3.8) is 0 Å². The highest BCUT2D eigenvalue weighted by atomic mass is 16.0. The number of nitrogens with zero attached hydrogens (tertiary/aromatic N) is 1. The van der Waals surface area contributed by atoms with E-state index in [0.29, 0.717) is 0 Å². The van der Waals surface area contributed by atoms with Crippen molar-refractivity contribution < 1.29 is 9.96 Å². The molecule has 0 aromatic heterocycles. The number of quaternary nitrogens is 1. The maximum absolute atomic E-state index is 3.83. The molecule has 0 amide bonds. The highest BCUT2D eigenvalue weighted by molar-refractivity contribution is 5.13. The molecule has 0 atom stereocenters. The molecule has 0 aliphatic rings. The zero-order chi connectivity index (χ0) is 11.9. The van der Waals surface area contributed by atoms with Crippen LogP contribution >= 0.6 is 0 Å². The van der Waals surface area contributed by atoms with E-state index >= 15 is 0 Å². The largest absolute Gasteiger partial charge is 0.870 e. The summed E-state index contributed by atoms with van der Waals surface area (Å²) in [5, 5.41) is 0. The summed E-state index contributed by atoms with van der Waals surface area (Å²) in [5.41, 5.74) is 1.44. The SMILES string of the molecule is C=CCC[N+](CC)(CC)Cc1ccccc1.[OH-]. The second-order valence-electron chi connectivity index (χ2n) is 4.42. The highest BCUT2D eigenvalue weighted by Gasteiger charge is 2.22. The van der Waals surface area contributed by atoms with Crippen molar-refractivity contribution >= 4 is 0 Å². The summed E-state index contributed by atoms with van der Waals surface area (Å²) in [6, 6.07) is 10.8. The average Bonchev–Trinajstić information content (AvgIpc) is 2.36. The van der Waals surface area contributed by atoms with Gasteiger partial charge in [0.15, 0.2) is 0 Å². The van der Waals surface area contributed by atoms with Gasteiger partial charge in [-0.25, -0.2) is 0 Å². The van der Waals surface area contributed by atoms with Crippen LogP contribution in [0.2, 0.25) is 0 Å². The Morgan fingerprint density at radius 3 is 2.18 bits per heavy atom. The summed E-state index contributed by atoms with van der Waals surface area (Å²) in [7, 11) is 0. The van der Waals surface area contributed by atoms with Crippen molar-refractivity contribution in [1.29, 1.82) is 0 Å². The predicted octanol–water partition coefficient (Wildman–Crippen LogP) is 3.44. The van der Waals surface area contributed by atoms with E-state index in [1.807, 2.05) is 6.08 Å². The molecule has 96 valence electrons. The number of benzene rings is 1. The number of rotatable bonds is 7. The zero-order valence-corrected chi connectivity index (χ0v) is 11.1. The second kappa shape index (κ2) is 8.04. The van der Waals surface area contributed by atoms with Gasteiger partial charge in [0.05, 0.1) is 19.6 Å². The summed E-state index contributed by atoms with van der Waals surface area (Å²) >= 11 is 0. The van der Waals surface area contributed by atoms with Gasteiger partial charge in [-0.1, -0.05) is 36.4 Å². The van der Waals surface area contributed by atoms with Gasteiger partial charge in [-0.15, -0.1) is 6.58 Å². The fraction of sp³-hybridized carbons (Fsp3) is 0.467. The van der Waals surface area contributed by atoms with Crippen LogP contribution in [0.25, 0.3) is 0 Å². The molecule has 1 aromatic rings. The molecule has 17 heavy (non-hydrogen) atoms. The molecule has 0 saturated heterocycles. The molecular formula is C15H25NO. The van der Waals surface area contributed by atoms with E-state index in [1.54, 1.807) is 0 Å². The van der Waals surface area contributed by atoms with Crippen molar-refractivity contribution in [3.8, 4) is 0 Å². The van der Waals surface area contributed by atoms with Crippen LogP contribution in [-0.2, 0) is 6.54 Å². The topological polar surface area (TPSA) is 30.0 Å². The molecule has 0 aliphatic heterocycles. The van der Waals surface area contributed by atoms with E-state index < -0.39 is 0 Å². The molecule has 0 saturated carbocycles. The quantitative estimate of drug-likeness (QED) is 0.526. The van der Waals surface area contributed by atoms with Crippen LogP contribution in [0.1, 0.15) is 25.8 Å². The second-order valence-corrected chi connectivity index (χ2v) is 4.42. The monoisotopic (exact) mass is 235 g/mol. The summed E-state index contributed by atoms with van der Waals surface area (Å²) in [5.74, 6) is 0. The standard InChI is InChI=1S/C15H24N.H2O/c1-4-7-13-16(5-2,6-3)14-15-11-9-8-10-12-15;/h4,8-12H,1,5-7,13-14H2,2-3H3;1H2/q+1;/p-1. The highest BCUT2D eigenvalue weighted by Crippen LogP contribution is 2.15. The normalized spacial score (nSPS) is 10.7. The number of hydrogen-bond donors (Lipinski definition) is 0. The molecule has 0 unspecified atom stereocenters. The average molecular weight is 235 g/mol. The van der Waals surface area contributed by atoms with Crippen LogP contribution in [-0.4, -0.2) is 29.6 Å². The first kappa shape index (κ1) is 15.9. The Morgan fingerprint density at radius 1 is 1.12 bits per heavy atom. The Balaban J connectivity index is 0.00000256. The fourth-order valence-electron chi connectivity index (χ4n) is 2.18. The van der Waals surface area contributed by atoms with Crippen molar-refractivity contribution in [3.05, 3.63) is 48.6 Å². The van der Waals surface area contributed by atoms with Gasteiger partial charge in [0.2, 0.25) is 0 Å². The minimum Gasteiger partial charge on any atom is -0.870 e. The molecule has 0 heterocycles. The van der Waals surface area contributed by atoms with Crippen LogP contribution in [0.3, 0.4) is 0 Å². The molecule has 0 radical (unpaired) electrons. The van der Waals surface area contributed by atoms with Crippen LogP contribution in [0.5, 0.6) is 0 Å². The lowest BCUT2D eigenvalue weighted by Crippen LogP contribution is -2.47. The van der Waals surface area contributed by atoms with Crippen molar-refractivity contribution in [1.82, 2.24) is 0 Å². The third-order valence-corrected chi connectivity index (χ3v) is 3.51. The molecule has 2 nitrogen and oxygen atoms in total. The number of hydrogen-bond acceptors (Lipinski definition) is 1. The van der Waals surface area contributed by atoms with Gasteiger partial charge < -0.3 is 9.96 Å². The third kappa shape index (κ3) is 4.72. The van der Waals surface area contributed by atoms with Gasteiger partial charge in [0, 0.05) is 12.0 Å². The van der Waals surface area contributed by atoms with Gasteiger partial charge in [0.25, 0.3) is 0 Å². The Labute approximate surface area is 105 Å². The molecule has 0 aliphatic carbocycles. The first-order valence-corrected chi connectivity index (χ1v) is 6.26.